The van der Waals surface area contributed by atoms with Gasteiger partial charge in [0, 0.05) is 25.2 Å². The molecule has 0 atom stereocenters. The number of hydrogen-bond acceptors (Lipinski definition) is 2. The summed E-state index contributed by atoms with van der Waals surface area (Å²) in [4.78, 5) is 0.704. The van der Waals surface area contributed by atoms with E-state index in [2.05, 4.69) is 15.9 Å². The predicted molar refractivity (Wildman–Crippen MR) is 48.2 cm³/mol. The molecule has 0 amide bonds. The molecule has 0 unspecified atom stereocenters. The summed E-state index contributed by atoms with van der Waals surface area (Å²) in [6.45, 7) is 1.66. The van der Waals surface area contributed by atoms with Gasteiger partial charge in [0.15, 0.2) is 0 Å². The first-order valence-corrected chi connectivity index (χ1v) is 4.99. The normalized spacial score (nSPS) is 30.0. The average Bonchev–Trinajstić information content (AvgIpc) is 1.94. The van der Waals surface area contributed by atoms with Crippen LogP contribution in [0.15, 0.2) is 0 Å². The molecule has 2 nitrogen and oxygen atoms in total. The molecule has 0 aromatic rings. The number of methoxy groups -OCH3 is 1. The van der Waals surface area contributed by atoms with Crippen LogP contribution < -0.4 is 0 Å². The molecule has 0 aromatic heterocycles. The lowest BCUT2D eigenvalue weighted by Gasteiger charge is -2.30. The molecule has 1 rings (SSSR count). The maximum atomic E-state index is 5.54. The lowest BCUT2D eigenvalue weighted by molar-refractivity contribution is -0.000996. The Labute approximate surface area is 76.4 Å². The Hall–Kier alpha value is 0.400. The third kappa shape index (κ3) is 3.54. The zero-order chi connectivity index (χ0) is 8.10. The number of alkyl halides is 1. The Morgan fingerprint density at radius 3 is 2.64 bits per heavy atom. The van der Waals surface area contributed by atoms with Crippen molar-refractivity contribution in [1.29, 1.82) is 0 Å². The zero-order valence-corrected chi connectivity index (χ0v) is 8.47. The van der Waals surface area contributed by atoms with E-state index in [1.165, 1.54) is 12.8 Å². The van der Waals surface area contributed by atoms with Crippen molar-refractivity contribution in [3.8, 4) is 0 Å². The fourth-order valence-electron chi connectivity index (χ4n) is 1.09. The van der Waals surface area contributed by atoms with Crippen molar-refractivity contribution in [2.24, 2.45) is 0 Å². The SMILES string of the molecule is COCCCOC1CC(Br)C1. The van der Waals surface area contributed by atoms with Gasteiger partial charge in [0.2, 0.25) is 0 Å². The van der Waals surface area contributed by atoms with E-state index in [4.69, 9.17) is 9.47 Å². The number of ether oxygens (including phenoxy) is 2. The molecule has 11 heavy (non-hydrogen) atoms. The molecular formula is C8H15BrO2. The van der Waals surface area contributed by atoms with Crippen LogP contribution in [-0.4, -0.2) is 31.3 Å². The summed E-state index contributed by atoms with van der Waals surface area (Å²) in [5.41, 5.74) is 0. The first kappa shape index (κ1) is 9.49. The average molecular weight is 223 g/mol. The van der Waals surface area contributed by atoms with Crippen molar-refractivity contribution < 1.29 is 9.47 Å². The van der Waals surface area contributed by atoms with Gasteiger partial charge in [-0.05, 0) is 19.3 Å². The van der Waals surface area contributed by atoms with Gasteiger partial charge in [-0.2, -0.15) is 0 Å². The van der Waals surface area contributed by atoms with Gasteiger partial charge >= 0.3 is 0 Å². The van der Waals surface area contributed by atoms with Gasteiger partial charge < -0.3 is 9.47 Å². The van der Waals surface area contributed by atoms with Crippen molar-refractivity contribution in [3.05, 3.63) is 0 Å². The molecule has 0 bridgehead atoms. The molecule has 0 aromatic carbocycles. The van der Waals surface area contributed by atoms with E-state index in [9.17, 15) is 0 Å². The van der Waals surface area contributed by atoms with Crippen LogP contribution in [0.1, 0.15) is 19.3 Å². The van der Waals surface area contributed by atoms with E-state index >= 15 is 0 Å². The zero-order valence-electron chi connectivity index (χ0n) is 6.88. The van der Waals surface area contributed by atoms with Crippen molar-refractivity contribution >= 4 is 15.9 Å². The summed E-state index contributed by atoms with van der Waals surface area (Å²) >= 11 is 3.52. The molecule has 0 saturated heterocycles. The first-order chi connectivity index (χ1) is 5.33. The minimum Gasteiger partial charge on any atom is -0.385 e. The van der Waals surface area contributed by atoms with Crippen LogP contribution in [-0.2, 0) is 9.47 Å². The Bertz CT molecular complexity index is 102. The predicted octanol–water partition coefficient (Wildman–Crippen LogP) is 1.97. The molecule has 0 aliphatic heterocycles. The molecule has 0 radical (unpaired) electrons. The van der Waals surface area contributed by atoms with Gasteiger partial charge in [-0.15, -0.1) is 0 Å². The van der Waals surface area contributed by atoms with Crippen molar-refractivity contribution in [2.45, 2.75) is 30.2 Å². The minimum absolute atomic E-state index is 0.510. The van der Waals surface area contributed by atoms with E-state index in [-0.39, 0.29) is 0 Å². The highest BCUT2D eigenvalue weighted by Gasteiger charge is 2.26. The van der Waals surface area contributed by atoms with Crippen LogP contribution in [0.3, 0.4) is 0 Å². The topological polar surface area (TPSA) is 18.5 Å². The third-order valence-corrected chi connectivity index (χ3v) is 2.63. The third-order valence-electron chi connectivity index (χ3n) is 1.88. The van der Waals surface area contributed by atoms with Gasteiger partial charge in [-0.25, -0.2) is 0 Å². The number of hydrogen-bond donors (Lipinski definition) is 0. The van der Waals surface area contributed by atoms with Crippen LogP contribution in [0, 0.1) is 0 Å². The summed E-state index contributed by atoms with van der Waals surface area (Å²) < 4.78 is 10.4. The molecule has 0 heterocycles. The fourth-order valence-corrected chi connectivity index (χ4v) is 1.92. The van der Waals surface area contributed by atoms with Gasteiger partial charge in [0.1, 0.15) is 0 Å². The van der Waals surface area contributed by atoms with Crippen LogP contribution >= 0.6 is 15.9 Å². The van der Waals surface area contributed by atoms with E-state index in [0.717, 1.165) is 19.6 Å². The maximum Gasteiger partial charge on any atom is 0.0596 e. The molecule has 0 spiro atoms. The monoisotopic (exact) mass is 222 g/mol. The van der Waals surface area contributed by atoms with Gasteiger partial charge in [0.25, 0.3) is 0 Å². The maximum absolute atomic E-state index is 5.54. The van der Waals surface area contributed by atoms with E-state index in [1.807, 2.05) is 0 Å². The summed E-state index contributed by atoms with van der Waals surface area (Å²) in [5, 5.41) is 0. The molecule has 1 aliphatic rings. The second-order valence-corrected chi connectivity index (χ2v) is 4.20. The largest absolute Gasteiger partial charge is 0.385 e. The Morgan fingerprint density at radius 2 is 2.09 bits per heavy atom. The van der Waals surface area contributed by atoms with Crippen molar-refractivity contribution in [2.75, 3.05) is 20.3 Å². The fraction of sp³-hybridized carbons (Fsp3) is 1.00. The highest BCUT2D eigenvalue weighted by atomic mass is 79.9. The molecule has 66 valence electrons. The summed E-state index contributed by atoms with van der Waals surface area (Å²) in [7, 11) is 1.72. The van der Waals surface area contributed by atoms with Gasteiger partial charge in [0.05, 0.1) is 6.10 Å². The molecule has 3 heteroatoms. The molecule has 1 fully saturated rings. The molecule has 0 N–H and O–H groups in total. The van der Waals surface area contributed by atoms with Crippen LogP contribution in [0.4, 0.5) is 0 Å². The summed E-state index contributed by atoms with van der Waals surface area (Å²) in [6, 6.07) is 0. The van der Waals surface area contributed by atoms with Crippen molar-refractivity contribution in [1.82, 2.24) is 0 Å². The van der Waals surface area contributed by atoms with Gasteiger partial charge in [-0.3, -0.25) is 0 Å². The van der Waals surface area contributed by atoms with E-state index < -0.39 is 0 Å². The highest BCUT2D eigenvalue weighted by Crippen LogP contribution is 2.29. The highest BCUT2D eigenvalue weighted by molar-refractivity contribution is 9.09. The number of rotatable bonds is 5. The Morgan fingerprint density at radius 1 is 1.36 bits per heavy atom. The van der Waals surface area contributed by atoms with E-state index in [1.54, 1.807) is 7.11 Å². The Balaban J connectivity index is 1.81. The molecule has 1 saturated carbocycles. The lowest BCUT2D eigenvalue weighted by Crippen LogP contribution is -2.31. The smallest absolute Gasteiger partial charge is 0.0596 e. The Kier molecular flexibility index (Phi) is 4.41. The summed E-state index contributed by atoms with van der Waals surface area (Å²) in [5.74, 6) is 0. The molecular weight excluding hydrogens is 208 g/mol. The van der Waals surface area contributed by atoms with Crippen LogP contribution in [0.5, 0.6) is 0 Å². The minimum atomic E-state index is 0.510. The van der Waals surface area contributed by atoms with Gasteiger partial charge in [-0.1, -0.05) is 15.9 Å². The summed E-state index contributed by atoms with van der Waals surface area (Å²) in [6.07, 6.45) is 3.87. The van der Waals surface area contributed by atoms with E-state index in [0.29, 0.717) is 10.9 Å². The second-order valence-electron chi connectivity index (χ2n) is 2.91. The lowest BCUT2D eigenvalue weighted by atomic mass is 9.96. The second kappa shape index (κ2) is 5.12. The number of halogens is 1. The standard InChI is InChI=1S/C8H15BrO2/c1-10-3-2-4-11-8-5-7(9)6-8/h7-8H,2-6H2,1H3. The first-order valence-electron chi connectivity index (χ1n) is 4.07. The van der Waals surface area contributed by atoms with Crippen LogP contribution in [0.2, 0.25) is 0 Å². The van der Waals surface area contributed by atoms with Crippen LogP contribution in [0.25, 0.3) is 0 Å². The molecule has 1 aliphatic carbocycles. The quantitative estimate of drug-likeness (QED) is 0.524. The van der Waals surface area contributed by atoms with Crippen molar-refractivity contribution in [3.63, 3.8) is 0 Å².